The molecule has 0 spiro atoms. The third-order valence-corrected chi connectivity index (χ3v) is 2.52. The molecule has 2 nitrogen and oxygen atoms in total. The molecule has 1 rings (SSSR count). The van der Waals surface area contributed by atoms with Crippen LogP contribution in [0.25, 0.3) is 0 Å². The van der Waals surface area contributed by atoms with Crippen molar-refractivity contribution in [3.05, 3.63) is 0 Å². The van der Waals surface area contributed by atoms with Crippen molar-refractivity contribution in [2.75, 3.05) is 14.1 Å². The average Bonchev–Trinajstić information content (AvgIpc) is 1.85. The van der Waals surface area contributed by atoms with Crippen LogP contribution in [-0.2, 0) is 4.74 Å². The Kier molecular flexibility index (Phi) is 2.90. The molecule has 66 valence electrons. The Labute approximate surface area is 69.5 Å². The van der Waals surface area contributed by atoms with Crippen LogP contribution in [0.5, 0.6) is 0 Å². The lowest BCUT2D eigenvalue weighted by molar-refractivity contribution is -0.0721. The van der Waals surface area contributed by atoms with Gasteiger partial charge in [-0.05, 0) is 40.8 Å². The highest BCUT2D eigenvalue weighted by molar-refractivity contribution is 4.79. The van der Waals surface area contributed by atoms with Gasteiger partial charge >= 0.3 is 0 Å². The summed E-state index contributed by atoms with van der Waals surface area (Å²) in [7, 11) is 4.25. The summed E-state index contributed by atoms with van der Waals surface area (Å²) in [6.45, 7) is 4.32. The molecule has 0 aromatic rings. The van der Waals surface area contributed by atoms with Crippen LogP contribution in [0.2, 0.25) is 0 Å². The van der Waals surface area contributed by atoms with Crippen molar-refractivity contribution in [3.8, 4) is 0 Å². The van der Waals surface area contributed by atoms with E-state index in [0.717, 1.165) is 0 Å². The minimum absolute atomic E-state index is 0.397. The third kappa shape index (κ3) is 2.17. The summed E-state index contributed by atoms with van der Waals surface area (Å²) in [5.41, 5.74) is 0. The molecular weight excluding hydrogens is 138 g/mol. The smallest absolute Gasteiger partial charge is 0.0705 e. The lowest BCUT2D eigenvalue weighted by Gasteiger charge is -2.37. The van der Waals surface area contributed by atoms with E-state index in [2.05, 4.69) is 32.8 Å². The summed E-state index contributed by atoms with van der Waals surface area (Å²) in [5.74, 6) is 0. The molecular formula is C9H19NO. The van der Waals surface area contributed by atoms with Crippen LogP contribution in [0.1, 0.15) is 26.7 Å². The fraction of sp³-hybridized carbons (Fsp3) is 1.00. The zero-order valence-electron chi connectivity index (χ0n) is 8.00. The second-order valence-electron chi connectivity index (χ2n) is 3.76. The first-order valence-electron chi connectivity index (χ1n) is 4.43. The maximum atomic E-state index is 5.72. The monoisotopic (exact) mass is 157 g/mol. The molecule has 0 unspecified atom stereocenters. The molecule has 2 heteroatoms. The largest absolute Gasteiger partial charge is 0.374 e. The first kappa shape index (κ1) is 9.01. The van der Waals surface area contributed by atoms with Gasteiger partial charge in [-0.25, -0.2) is 0 Å². The van der Waals surface area contributed by atoms with Crippen molar-refractivity contribution in [1.82, 2.24) is 4.90 Å². The zero-order chi connectivity index (χ0) is 8.43. The van der Waals surface area contributed by atoms with E-state index in [-0.39, 0.29) is 0 Å². The molecule has 0 amide bonds. The van der Waals surface area contributed by atoms with Gasteiger partial charge in [-0.1, -0.05) is 0 Å². The lowest BCUT2D eigenvalue weighted by Crippen LogP contribution is -2.44. The molecule has 1 saturated heterocycles. The zero-order valence-corrected chi connectivity index (χ0v) is 8.00. The minimum atomic E-state index is 0.397. The molecule has 0 aliphatic carbocycles. The molecule has 1 fully saturated rings. The summed E-state index contributed by atoms with van der Waals surface area (Å²) in [4.78, 5) is 2.26. The van der Waals surface area contributed by atoms with Gasteiger partial charge in [-0.2, -0.15) is 0 Å². The maximum Gasteiger partial charge on any atom is 0.0705 e. The Balaban J connectivity index is 2.44. The number of ether oxygens (including phenoxy) is 1. The molecule has 0 bridgehead atoms. The van der Waals surface area contributed by atoms with Gasteiger partial charge in [0.15, 0.2) is 0 Å². The van der Waals surface area contributed by atoms with Crippen LogP contribution in [0.3, 0.4) is 0 Å². The quantitative estimate of drug-likeness (QED) is 0.572. The van der Waals surface area contributed by atoms with Gasteiger partial charge in [0.2, 0.25) is 0 Å². The topological polar surface area (TPSA) is 12.5 Å². The molecule has 0 N–H and O–H groups in total. The maximum absolute atomic E-state index is 5.72. The number of rotatable bonds is 1. The summed E-state index contributed by atoms with van der Waals surface area (Å²) in [5, 5.41) is 0. The Hall–Kier alpha value is -0.0800. The number of nitrogens with zero attached hydrogens (tertiary/aromatic N) is 1. The van der Waals surface area contributed by atoms with Gasteiger partial charge in [-0.3, -0.25) is 0 Å². The van der Waals surface area contributed by atoms with Gasteiger partial charge in [0.1, 0.15) is 0 Å². The van der Waals surface area contributed by atoms with E-state index < -0.39 is 0 Å². The molecule has 0 saturated carbocycles. The van der Waals surface area contributed by atoms with E-state index in [9.17, 15) is 0 Å². The molecule has 0 aromatic carbocycles. The van der Waals surface area contributed by atoms with E-state index in [1.165, 1.54) is 12.8 Å². The third-order valence-electron chi connectivity index (χ3n) is 2.52. The first-order chi connectivity index (χ1) is 5.11. The highest BCUT2D eigenvalue weighted by atomic mass is 16.5. The second kappa shape index (κ2) is 3.55. The average molecular weight is 157 g/mol. The number of likely N-dealkylation sites (N-methyl/N-ethyl adjacent to an activating group) is 1. The van der Waals surface area contributed by atoms with Crippen molar-refractivity contribution in [1.29, 1.82) is 0 Å². The summed E-state index contributed by atoms with van der Waals surface area (Å²) in [6, 6.07) is 0.617. The van der Waals surface area contributed by atoms with Crippen LogP contribution in [0.15, 0.2) is 0 Å². The van der Waals surface area contributed by atoms with Gasteiger partial charge < -0.3 is 9.64 Å². The standard InChI is InChI=1S/C9H19NO/c1-7-5-6-9(10(3)4)8(2)11-7/h7-9H,5-6H2,1-4H3/t7-,8-,9-/m1/s1. The predicted molar refractivity (Wildman–Crippen MR) is 46.7 cm³/mol. The first-order valence-corrected chi connectivity index (χ1v) is 4.43. The van der Waals surface area contributed by atoms with Crippen molar-refractivity contribution in [2.45, 2.75) is 44.9 Å². The molecule has 1 aliphatic heterocycles. The van der Waals surface area contributed by atoms with Crippen LogP contribution in [-0.4, -0.2) is 37.2 Å². The lowest BCUT2D eigenvalue weighted by atomic mass is 9.99. The van der Waals surface area contributed by atoms with Crippen molar-refractivity contribution < 1.29 is 4.74 Å². The summed E-state index contributed by atoms with van der Waals surface area (Å²) >= 11 is 0. The Morgan fingerprint density at radius 2 is 1.82 bits per heavy atom. The molecule has 3 atom stereocenters. The summed E-state index contributed by atoms with van der Waals surface area (Å²) < 4.78 is 5.72. The molecule has 0 radical (unpaired) electrons. The summed E-state index contributed by atoms with van der Waals surface area (Å²) in [6.07, 6.45) is 3.33. The van der Waals surface area contributed by atoms with Gasteiger partial charge in [0.25, 0.3) is 0 Å². The number of hydrogen-bond donors (Lipinski definition) is 0. The minimum Gasteiger partial charge on any atom is -0.374 e. The van der Waals surface area contributed by atoms with E-state index in [4.69, 9.17) is 4.74 Å². The highest BCUT2D eigenvalue weighted by Gasteiger charge is 2.26. The molecule has 11 heavy (non-hydrogen) atoms. The van der Waals surface area contributed by atoms with Crippen LogP contribution in [0.4, 0.5) is 0 Å². The Morgan fingerprint density at radius 1 is 1.18 bits per heavy atom. The van der Waals surface area contributed by atoms with Crippen molar-refractivity contribution in [3.63, 3.8) is 0 Å². The van der Waals surface area contributed by atoms with Crippen molar-refractivity contribution in [2.24, 2.45) is 0 Å². The number of hydrogen-bond acceptors (Lipinski definition) is 2. The molecule has 1 heterocycles. The van der Waals surface area contributed by atoms with Crippen LogP contribution < -0.4 is 0 Å². The molecule has 1 aliphatic rings. The van der Waals surface area contributed by atoms with E-state index in [1.54, 1.807) is 0 Å². The normalized spacial score (nSPS) is 39.5. The van der Waals surface area contributed by atoms with E-state index in [1.807, 2.05) is 0 Å². The van der Waals surface area contributed by atoms with Gasteiger partial charge in [0.05, 0.1) is 12.2 Å². The fourth-order valence-electron chi connectivity index (χ4n) is 1.84. The predicted octanol–water partition coefficient (Wildman–Crippen LogP) is 1.50. The van der Waals surface area contributed by atoms with Gasteiger partial charge in [0, 0.05) is 6.04 Å². The molecule has 0 aromatic heterocycles. The Bertz CT molecular complexity index is 125. The fourth-order valence-corrected chi connectivity index (χ4v) is 1.84. The van der Waals surface area contributed by atoms with Gasteiger partial charge in [-0.15, -0.1) is 0 Å². The SMILES string of the molecule is C[C@@H]1CC[C@@H](N(C)C)[C@@H](C)O1. The van der Waals surface area contributed by atoms with E-state index in [0.29, 0.717) is 18.2 Å². The highest BCUT2D eigenvalue weighted by Crippen LogP contribution is 2.21. The van der Waals surface area contributed by atoms with E-state index >= 15 is 0 Å². The van der Waals surface area contributed by atoms with Crippen LogP contribution >= 0.6 is 0 Å². The second-order valence-corrected chi connectivity index (χ2v) is 3.76. The Morgan fingerprint density at radius 3 is 2.27 bits per heavy atom. The van der Waals surface area contributed by atoms with Crippen molar-refractivity contribution >= 4 is 0 Å². The van der Waals surface area contributed by atoms with Crippen LogP contribution in [0, 0.1) is 0 Å².